The zero-order chi connectivity index (χ0) is 35.5. The molecule has 0 amide bonds. The number of halogens is 2. The molecule has 14 heteroatoms. The van der Waals surface area contributed by atoms with E-state index in [0.29, 0.717) is 28.8 Å². The van der Waals surface area contributed by atoms with Crippen molar-refractivity contribution in [1.29, 1.82) is 0 Å². The monoisotopic (exact) mass is 732 g/mol. The Kier molecular flexibility index (Phi) is 10.4. The second-order valence-electron chi connectivity index (χ2n) is 12.9. The lowest BCUT2D eigenvalue weighted by molar-refractivity contribution is -0.192. The first-order valence-electron chi connectivity index (χ1n) is 17.4. The lowest BCUT2D eigenvalue weighted by atomic mass is 10.1. The third-order valence-electron chi connectivity index (χ3n) is 9.71. The van der Waals surface area contributed by atoms with Gasteiger partial charge in [-0.15, -0.1) is 0 Å². The van der Waals surface area contributed by atoms with Crippen molar-refractivity contribution in [2.45, 2.75) is 58.1 Å². The molecular formula is C37H42Cl2N8O4. The van der Waals surface area contributed by atoms with Gasteiger partial charge >= 0.3 is 5.69 Å². The van der Waals surface area contributed by atoms with Crippen LogP contribution in [0.25, 0.3) is 5.69 Å². The van der Waals surface area contributed by atoms with Gasteiger partial charge in [0.05, 0.1) is 35.8 Å². The average molecular weight is 734 g/mol. The maximum Gasteiger partial charge on any atom is 0.350 e. The first kappa shape index (κ1) is 35.1. The Labute approximate surface area is 307 Å². The van der Waals surface area contributed by atoms with Gasteiger partial charge in [0.2, 0.25) is 5.79 Å². The summed E-state index contributed by atoms with van der Waals surface area (Å²) in [5.74, 6) is -0.360. The molecule has 0 spiro atoms. The lowest BCUT2D eigenvalue weighted by Gasteiger charge is -2.37. The van der Waals surface area contributed by atoms with Crippen molar-refractivity contribution >= 4 is 34.6 Å². The summed E-state index contributed by atoms with van der Waals surface area (Å²) in [6.45, 7) is 10.6. The number of anilines is 2. The Morgan fingerprint density at radius 2 is 1.59 bits per heavy atom. The van der Waals surface area contributed by atoms with Crippen LogP contribution in [0.5, 0.6) is 5.75 Å². The normalized spacial score (nSPS) is 19.8. The molecule has 3 aromatic carbocycles. The Morgan fingerprint density at radius 3 is 2.27 bits per heavy atom. The van der Waals surface area contributed by atoms with Crippen molar-refractivity contribution in [3.63, 3.8) is 0 Å². The van der Waals surface area contributed by atoms with E-state index in [2.05, 4.69) is 69.3 Å². The quantitative estimate of drug-likeness (QED) is 0.150. The largest absolute Gasteiger partial charge is 0.491 e. The fraction of sp³-hybridized carbons (Fsp3) is 0.405. The SMILES string of the molecule is CCc1cc(N2CCN(c3ccc(-n4cnn(C(C)CC)c4=O)cc3)CC2)ccc1OCC1CO[C@@](Cn2nccn2)(c2ccc(Cl)cc2Cl)O1. The van der Waals surface area contributed by atoms with Gasteiger partial charge in [0.25, 0.3) is 0 Å². The minimum Gasteiger partial charge on any atom is -0.491 e. The van der Waals surface area contributed by atoms with Gasteiger partial charge in [-0.2, -0.15) is 20.1 Å². The second-order valence-corrected chi connectivity index (χ2v) is 13.8. The highest BCUT2D eigenvalue weighted by molar-refractivity contribution is 6.35. The van der Waals surface area contributed by atoms with E-state index in [4.69, 9.17) is 37.4 Å². The fourth-order valence-electron chi connectivity index (χ4n) is 6.64. The summed E-state index contributed by atoms with van der Waals surface area (Å²) in [4.78, 5) is 19.2. The Hall–Kier alpha value is -4.36. The molecule has 5 aromatic rings. The first-order valence-corrected chi connectivity index (χ1v) is 18.2. The van der Waals surface area contributed by atoms with Crippen LogP contribution in [0.15, 0.2) is 84.2 Å². The highest BCUT2D eigenvalue weighted by atomic mass is 35.5. The van der Waals surface area contributed by atoms with Crippen molar-refractivity contribution in [3.05, 3.63) is 111 Å². The number of hydrogen-bond donors (Lipinski definition) is 0. The topological polar surface area (TPSA) is 105 Å². The molecule has 51 heavy (non-hydrogen) atoms. The lowest BCUT2D eigenvalue weighted by Crippen LogP contribution is -2.46. The van der Waals surface area contributed by atoms with E-state index in [-0.39, 0.29) is 24.4 Å². The molecule has 2 saturated heterocycles. The van der Waals surface area contributed by atoms with Gasteiger partial charge < -0.3 is 24.0 Å². The van der Waals surface area contributed by atoms with Crippen LogP contribution in [0, 0.1) is 0 Å². The van der Waals surface area contributed by atoms with Crippen LogP contribution < -0.4 is 20.2 Å². The van der Waals surface area contributed by atoms with Crippen LogP contribution >= 0.6 is 23.2 Å². The first-order chi connectivity index (χ1) is 24.8. The molecular weight excluding hydrogens is 691 g/mol. The van der Waals surface area contributed by atoms with Crippen molar-refractivity contribution < 1.29 is 14.2 Å². The van der Waals surface area contributed by atoms with Crippen molar-refractivity contribution in [3.8, 4) is 11.4 Å². The molecule has 0 radical (unpaired) electrons. The second kappa shape index (κ2) is 15.1. The zero-order valence-electron chi connectivity index (χ0n) is 29.0. The van der Waals surface area contributed by atoms with Gasteiger partial charge in [-0.25, -0.2) is 14.0 Å². The van der Waals surface area contributed by atoms with Crippen molar-refractivity contribution in [2.24, 2.45) is 0 Å². The molecule has 2 aliphatic heterocycles. The van der Waals surface area contributed by atoms with Crippen LogP contribution in [-0.2, 0) is 28.2 Å². The summed E-state index contributed by atoms with van der Waals surface area (Å²) < 4.78 is 22.3. The molecule has 0 aliphatic carbocycles. The molecule has 2 aliphatic rings. The Morgan fingerprint density at radius 1 is 0.902 bits per heavy atom. The van der Waals surface area contributed by atoms with E-state index in [1.807, 2.05) is 25.1 Å². The third-order valence-corrected chi connectivity index (χ3v) is 10.3. The fourth-order valence-corrected chi connectivity index (χ4v) is 7.20. The highest BCUT2D eigenvalue weighted by Gasteiger charge is 2.46. The summed E-state index contributed by atoms with van der Waals surface area (Å²) in [6.07, 6.45) is 6.15. The van der Waals surface area contributed by atoms with E-state index in [9.17, 15) is 4.79 Å². The van der Waals surface area contributed by atoms with Crippen molar-refractivity contribution in [1.82, 2.24) is 29.3 Å². The predicted molar refractivity (Wildman–Crippen MR) is 198 cm³/mol. The van der Waals surface area contributed by atoms with Gasteiger partial charge in [0.1, 0.15) is 31.3 Å². The van der Waals surface area contributed by atoms with E-state index >= 15 is 0 Å². The van der Waals surface area contributed by atoms with Gasteiger partial charge in [-0.3, -0.25) is 0 Å². The zero-order valence-corrected chi connectivity index (χ0v) is 30.5. The molecule has 2 aromatic heterocycles. The van der Waals surface area contributed by atoms with E-state index < -0.39 is 5.79 Å². The number of benzene rings is 3. The van der Waals surface area contributed by atoms with Crippen LogP contribution in [0.3, 0.4) is 0 Å². The smallest absolute Gasteiger partial charge is 0.350 e. The Balaban J connectivity index is 0.965. The van der Waals surface area contributed by atoms with E-state index in [1.54, 1.807) is 40.1 Å². The number of aryl methyl sites for hydroxylation is 1. The van der Waals surface area contributed by atoms with Gasteiger partial charge in [-0.05, 0) is 79.9 Å². The van der Waals surface area contributed by atoms with Gasteiger partial charge in [0.15, 0.2) is 0 Å². The standard InChI is InChI=1S/C37H42Cl2N8O4/c1-4-26(3)47-36(48)45(25-42-47)30-9-7-29(8-10-30)43-16-18-44(19-17-43)31-11-13-35(27(5-2)20-31)49-22-32-23-50-37(51-32,24-46-40-14-15-41-46)33-12-6-28(38)21-34(33)39/h6-15,20-21,25-26,32H,4-5,16-19,22-24H2,1-3H3/t26?,32?,37-/m1/s1. The number of piperazine rings is 1. The number of nitrogens with zero attached hydrogens (tertiary/aromatic N) is 8. The van der Waals surface area contributed by atoms with Crippen LogP contribution in [0.4, 0.5) is 11.4 Å². The molecule has 12 nitrogen and oxygen atoms in total. The van der Waals surface area contributed by atoms with Crippen molar-refractivity contribution in [2.75, 3.05) is 49.2 Å². The number of hydrogen-bond acceptors (Lipinski definition) is 9. The maximum absolute atomic E-state index is 12.8. The van der Waals surface area contributed by atoms with Crippen LogP contribution in [0.2, 0.25) is 10.0 Å². The Bertz CT molecular complexity index is 1990. The average Bonchev–Trinajstić information content (AvgIpc) is 3.91. The molecule has 268 valence electrons. The summed E-state index contributed by atoms with van der Waals surface area (Å²) >= 11 is 12.8. The number of aromatic nitrogens is 6. The molecule has 3 atom stereocenters. The van der Waals surface area contributed by atoms with E-state index in [0.717, 1.165) is 61.7 Å². The molecule has 2 unspecified atom stereocenters. The minimum absolute atomic E-state index is 0.0629. The third kappa shape index (κ3) is 7.36. The summed E-state index contributed by atoms with van der Waals surface area (Å²) in [5, 5.41) is 13.8. The molecule has 0 bridgehead atoms. The minimum atomic E-state index is -1.19. The molecule has 0 saturated carbocycles. The van der Waals surface area contributed by atoms with Crippen LogP contribution in [0.1, 0.15) is 44.4 Å². The predicted octanol–water partition coefficient (Wildman–Crippen LogP) is 6.14. The van der Waals surface area contributed by atoms with Gasteiger partial charge in [-0.1, -0.05) is 43.1 Å². The number of rotatable bonds is 12. The molecule has 7 rings (SSSR count). The maximum atomic E-state index is 12.8. The van der Waals surface area contributed by atoms with Crippen LogP contribution in [-0.4, -0.2) is 74.8 Å². The summed E-state index contributed by atoms with van der Waals surface area (Å²) in [7, 11) is 0. The summed E-state index contributed by atoms with van der Waals surface area (Å²) in [6, 6.07) is 19.9. The molecule has 2 fully saturated rings. The number of ether oxygens (including phenoxy) is 3. The summed E-state index contributed by atoms with van der Waals surface area (Å²) in [5.41, 5.74) is 4.80. The van der Waals surface area contributed by atoms with E-state index in [1.165, 1.54) is 10.5 Å². The van der Waals surface area contributed by atoms with Gasteiger partial charge in [0, 0.05) is 48.1 Å². The molecule has 0 N–H and O–H groups in total. The highest BCUT2D eigenvalue weighted by Crippen LogP contribution is 2.40. The molecule has 4 heterocycles.